The van der Waals surface area contributed by atoms with Gasteiger partial charge in [0.05, 0.1) is 5.25 Å². The van der Waals surface area contributed by atoms with E-state index in [1.54, 1.807) is 0 Å². The lowest BCUT2D eigenvalue weighted by Gasteiger charge is -2.20. The molecule has 0 spiro atoms. The van der Waals surface area contributed by atoms with Crippen LogP contribution in [0.15, 0.2) is 30.3 Å². The molecule has 102 valence electrons. The number of hydrogen-bond acceptors (Lipinski definition) is 2. The monoisotopic (exact) mass is 275 g/mol. The Labute approximate surface area is 120 Å². The molecule has 3 rings (SSSR count). The van der Waals surface area contributed by atoms with Crippen LogP contribution in [0.1, 0.15) is 31.2 Å². The maximum absolute atomic E-state index is 12.2. The summed E-state index contributed by atoms with van der Waals surface area (Å²) in [4.78, 5) is 12.2. The molecule has 0 aliphatic heterocycles. The van der Waals surface area contributed by atoms with Crippen LogP contribution < -0.4 is 5.32 Å². The van der Waals surface area contributed by atoms with E-state index in [0.29, 0.717) is 12.5 Å². The minimum atomic E-state index is -0.234. The number of carbonyl (C=O) groups excluding carboxylic acids is 1. The molecule has 2 aliphatic carbocycles. The second-order valence-corrected chi connectivity index (χ2v) is 6.54. The second-order valence-electron chi connectivity index (χ2n) is 5.91. The topological polar surface area (TPSA) is 29.1 Å². The summed E-state index contributed by atoms with van der Waals surface area (Å²) in [7, 11) is 0. The molecule has 0 radical (unpaired) electrons. The van der Waals surface area contributed by atoms with Gasteiger partial charge in [0.2, 0.25) is 5.91 Å². The van der Waals surface area contributed by atoms with E-state index in [1.807, 2.05) is 18.2 Å². The molecule has 0 saturated heterocycles. The van der Waals surface area contributed by atoms with Gasteiger partial charge in [-0.1, -0.05) is 30.3 Å². The summed E-state index contributed by atoms with van der Waals surface area (Å²) >= 11 is 4.48. The Hall–Kier alpha value is -0.960. The van der Waals surface area contributed by atoms with Crippen LogP contribution in [-0.4, -0.2) is 17.2 Å². The lowest BCUT2D eigenvalue weighted by atomic mass is 10.1. The van der Waals surface area contributed by atoms with Crippen molar-refractivity contribution in [3.05, 3.63) is 35.9 Å². The Bertz CT molecular complexity index is 427. The van der Waals surface area contributed by atoms with E-state index in [-0.39, 0.29) is 11.2 Å². The Morgan fingerprint density at radius 3 is 2.26 bits per heavy atom. The first kappa shape index (κ1) is 13.0. The molecule has 0 aromatic heterocycles. The predicted molar refractivity (Wildman–Crippen MR) is 80.3 cm³/mol. The van der Waals surface area contributed by atoms with Crippen molar-refractivity contribution in [1.29, 1.82) is 0 Å². The lowest BCUT2D eigenvalue weighted by molar-refractivity contribution is -0.121. The van der Waals surface area contributed by atoms with Crippen LogP contribution in [-0.2, 0) is 11.2 Å². The highest BCUT2D eigenvalue weighted by atomic mass is 32.1. The van der Waals surface area contributed by atoms with Crippen LogP contribution in [0.5, 0.6) is 0 Å². The maximum atomic E-state index is 12.2. The molecule has 0 bridgehead atoms. The van der Waals surface area contributed by atoms with E-state index in [2.05, 4.69) is 30.1 Å². The van der Waals surface area contributed by atoms with E-state index in [0.717, 1.165) is 11.8 Å². The number of nitrogens with one attached hydrogen (secondary N) is 1. The van der Waals surface area contributed by atoms with Crippen molar-refractivity contribution in [2.45, 2.75) is 43.4 Å². The predicted octanol–water partition coefficient (Wildman–Crippen LogP) is 2.83. The van der Waals surface area contributed by atoms with Crippen LogP contribution in [0, 0.1) is 11.8 Å². The Morgan fingerprint density at radius 2 is 1.74 bits per heavy atom. The van der Waals surface area contributed by atoms with Gasteiger partial charge in [-0.3, -0.25) is 4.79 Å². The third-order valence-corrected chi connectivity index (χ3v) is 4.56. The van der Waals surface area contributed by atoms with Gasteiger partial charge in [0.25, 0.3) is 0 Å². The summed E-state index contributed by atoms with van der Waals surface area (Å²) in [6.07, 6.45) is 5.86. The van der Waals surface area contributed by atoms with Crippen molar-refractivity contribution < 1.29 is 4.79 Å². The number of thiol groups is 1. The van der Waals surface area contributed by atoms with Gasteiger partial charge in [-0.25, -0.2) is 0 Å². The molecule has 1 N–H and O–H groups in total. The van der Waals surface area contributed by atoms with Gasteiger partial charge in [0.15, 0.2) is 0 Å². The number of benzene rings is 1. The van der Waals surface area contributed by atoms with Gasteiger partial charge in [-0.15, -0.1) is 0 Å². The van der Waals surface area contributed by atoms with Crippen molar-refractivity contribution in [3.8, 4) is 0 Å². The normalized spacial score (nSPS) is 20.3. The summed E-state index contributed by atoms with van der Waals surface area (Å²) in [5, 5.41) is 3.01. The largest absolute Gasteiger partial charge is 0.352 e. The molecule has 2 nitrogen and oxygen atoms in total. The third kappa shape index (κ3) is 3.53. The zero-order valence-electron chi connectivity index (χ0n) is 11.1. The maximum Gasteiger partial charge on any atom is 0.233 e. The summed E-state index contributed by atoms with van der Waals surface area (Å²) in [5.41, 5.74) is 1.17. The molecule has 2 fully saturated rings. The molecule has 1 aromatic carbocycles. The zero-order valence-corrected chi connectivity index (χ0v) is 12.0. The van der Waals surface area contributed by atoms with Gasteiger partial charge in [-0.05, 0) is 49.5 Å². The van der Waals surface area contributed by atoms with Crippen molar-refractivity contribution in [1.82, 2.24) is 5.32 Å². The molecule has 1 amide bonds. The molecule has 2 aliphatic rings. The molecule has 0 heterocycles. The first-order valence-electron chi connectivity index (χ1n) is 7.26. The molecule has 2 saturated carbocycles. The molecule has 1 aromatic rings. The summed E-state index contributed by atoms with van der Waals surface area (Å²) in [6.45, 7) is 0. The van der Waals surface area contributed by atoms with Gasteiger partial charge in [0.1, 0.15) is 0 Å². The van der Waals surface area contributed by atoms with Crippen LogP contribution in [0.3, 0.4) is 0 Å². The number of carbonyl (C=O) groups is 1. The Balaban J connectivity index is 1.54. The van der Waals surface area contributed by atoms with Gasteiger partial charge in [0, 0.05) is 6.04 Å². The highest BCUT2D eigenvalue weighted by molar-refractivity contribution is 7.81. The van der Waals surface area contributed by atoms with Crippen molar-refractivity contribution in [2.75, 3.05) is 0 Å². The lowest BCUT2D eigenvalue weighted by Crippen LogP contribution is -2.42. The Morgan fingerprint density at radius 1 is 1.16 bits per heavy atom. The van der Waals surface area contributed by atoms with Gasteiger partial charge < -0.3 is 5.32 Å². The van der Waals surface area contributed by atoms with E-state index in [1.165, 1.54) is 31.2 Å². The van der Waals surface area contributed by atoms with E-state index >= 15 is 0 Å². The van der Waals surface area contributed by atoms with Crippen molar-refractivity contribution in [2.24, 2.45) is 11.8 Å². The Kier molecular flexibility index (Phi) is 3.83. The minimum absolute atomic E-state index is 0.107. The summed E-state index contributed by atoms with van der Waals surface area (Å²) in [5.74, 6) is 1.60. The van der Waals surface area contributed by atoms with Crippen LogP contribution in [0.4, 0.5) is 0 Å². The quantitative estimate of drug-likeness (QED) is 0.768. The highest BCUT2D eigenvalue weighted by Gasteiger charge is 2.42. The van der Waals surface area contributed by atoms with Crippen molar-refractivity contribution in [3.63, 3.8) is 0 Å². The summed E-state index contributed by atoms with van der Waals surface area (Å²) in [6, 6.07) is 10.5. The first-order valence-corrected chi connectivity index (χ1v) is 7.78. The molecule has 1 unspecified atom stereocenters. The molecular formula is C16H21NOS. The standard InChI is InChI=1S/C16H21NOS/c18-16(14(19)10-11-4-2-1-3-5-11)17-15(12-6-7-12)13-8-9-13/h1-5,12-15,19H,6-10H2,(H,17,18). The average molecular weight is 275 g/mol. The van der Waals surface area contributed by atoms with E-state index in [9.17, 15) is 4.79 Å². The zero-order chi connectivity index (χ0) is 13.2. The fraction of sp³-hybridized carbons (Fsp3) is 0.562. The SMILES string of the molecule is O=C(NC(C1CC1)C1CC1)C(S)Cc1ccccc1. The second kappa shape index (κ2) is 5.58. The highest BCUT2D eigenvalue weighted by Crippen LogP contribution is 2.44. The summed E-state index contributed by atoms with van der Waals surface area (Å²) < 4.78 is 0. The van der Waals surface area contributed by atoms with Crippen LogP contribution in [0.25, 0.3) is 0 Å². The van der Waals surface area contributed by atoms with E-state index < -0.39 is 0 Å². The molecular weight excluding hydrogens is 254 g/mol. The smallest absolute Gasteiger partial charge is 0.233 e. The first-order chi connectivity index (χ1) is 9.24. The fourth-order valence-corrected chi connectivity index (χ4v) is 3.01. The third-order valence-electron chi connectivity index (χ3n) is 4.14. The number of hydrogen-bond donors (Lipinski definition) is 2. The number of amides is 1. The van der Waals surface area contributed by atoms with E-state index in [4.69, 9.17) is 0 Å². The van der Waals surface area contributed by atoms with Crippen LogP contribution >= 0.6 is 12.6 Å². The minimum Gasteiger partial charge on any atom is -0.352 e. The molecule has 3 heteroatoms. The van der Waals surface area contributed by atoms with Crippen molar-refractivity contribution >= 4 is 18.5 Å². The average Bonchev–Trinajstić information content (AvgIpc) is 3.30. The molecule has 19 heavy (non-hydrogen) atoms. The molecule has 1 atom stereocenters. The van der Waals surface area contributed by atoms with Gasteiger partial charge >= 0.3 is 0 Å². The van der Waals surface area contributed by atoms with Crippen LogP contribution in [0.2, 0.25) is 0 Å². The fourth-order valence-electron chi connectivity index (χ4n) is 2.72. The number of rotatable bonds is 6. The van der Waals surface area contributed by atoms with Gasteiger partial charge in [-0.2, -0.15) is 12.6 Å².